The molecule has 17 heavy (non-hydrogen) atoms. The number of carboxylic acid groups (broad SMARTS) is 1. The van der Waals surface area contributed by atoms with Crippen LogP contribution >= 0.6 is 24.0 Å². The third-order valence-electron chi connectivity index (χ3n) is 2.01. The second-order valence-electron chi connectivity index (χ2n) is 4.92. The summed E-state index contributed by atoms with van der Waals surface area (Å²) in [6, 6.07) is 0. The molecule has 1 N–H and O–H groups in total. The van der Waals surface area contributed by atoms with Crippen molar-refractivity contribution in [3.8, 4) is 0 Å². The molecule has 0 atom stereocenters. The second-order valence-corrected chi connectivity index (χ2v) is 4.92. The Bertz CT molecular complexity index is 170. The van der Waals surface area contributed by atoms with E-state index < -0.39 is 5.97 Å². The SMILES string of the molecule is CCCCCCC(=O)[O-].C[N+](C)(C)CCO.I. The van der Waals surface area contributed by atoms with Gasteiger partial charge in [-0.05, 0) is 12.8 Å². The molecule has 0 aromatic carbocycles. The van der Waals surface area contributed by atoms with Crippen molar-refractivity contribution < 1.29 is 19.5 Å². The summed E-state index contributed by atoms with van der Waals surface area (Å²) in [5.74, 6) is -0.925. The first kappa shape index (κ1) is 22.3. The van der Waals surface area contributed by atoms with Crippen LogP contribution in [-0.4, -0.2) is 49.9 Å². The number of rotatable bonds is 7. The van der Waals surface area contributed by atoms with Gasteiger partial charge in [0.05, 0.1) is 27.7 Å². The number of nitrogens with zero attached hydrogens (tertiary/aromatic N) is 1. The summed E-state index contributed by atoms with van der Waals surface area (Å²) in [5.41, 5.74) is 0. The van der Waals surface area contributed by atoms with Crippen molar-refractivity contribution in [3.63, 3.8) is 0 Å². The summed E-state index contributed by atoms with van der Waals surface area (Å²) in [6.07, 6.45) is 4.29. The van der Waals surface area contributed by atoms with Gasteiger partial charge in [0.25, 0.3) is 0 Å². The van der Waals surface area contributed by atoms with E-state index in [0.717, 1.165) is 36.7 Å². The van der Waals surface area contributed by atoms with Gasteiger partial charge < -0.3 is 19.5 Å². The quantitative estimate of drug-likeness (QED) is 0.418. The lowest BCUT2D eigenvalue weighted by Gasteiger charge is -2.21. The highest BCUT2D eigenvalue weighted by atomic mass is 127. The number of carbonyl (C=O) groups excluding carboxylic acids is 1. The molecule has 5 heteroatoms. The minimum absolute atomic E-state index is 0. The van der Waals surface area contributed by atoms with Crippen molar-refractivity contribution in [2.24, 2.45) is 0 Å². The van der Waals surface area contributed by atoms with Gasteiger partial charge in [0.2, 0.25) is 0 Å². The van der Waals surface area contributed by atoms with E-state index >= 15 is 0 Å². The molecule has 0 radical (unpaired) electrons. The predicted molar refractivity (Wildman–Crippen MR) is 79.2 cm³/mol. The van der Waals surface area contributed by atoms with Crippen molar-refractivity contribution in [2.75, 3.05) is 34.3 Å². The van der Waals surface area contributed by atoms with Gasteiger partial charge in [0.15, 0.2) is 0 Å². The predicted octanol–water partition coefficient (Wildman–Crippen LogP) is 1.01. The molecule has 0 aromatic rings. The summed E-state index contributed by atoms with van der Waals surface area (Å²) >= 11 is 0. The van der Waals surface area contributed by atoms with Gasteiger partial charge in [0, 0.05) is 5.97 Å². The number of carboxylic acids is 1. The Morgan fingerprint density at radius 1 is 1.18 bits per heavy atom. The number of hydrogen-bond donors (Lipinski definition) is 1. The molecule has 0 bridgehead atoms. The normalized spacial score (nSPS) is 9.94. The van der Waals surface area contributed by atoms with E-state index in [-0.39, 0.29) is 37.0 Å². The third-order valence-corrected chi connectivity index (χ3v) is 2.01. The van der Waals surface area contributed by atoms with E-state index in [4.69, 9.17) is 5.11 Å². The zero-order valence-corrected chi connectivity index (χ0v) is 13.9. The van der Waals surface area contributed by atoms with Gasteiger partial charge in [-0.3, -0.25) is 0 Å². The first-order valence-corrected chi connectivity index (χ1v) is 5.94. The Morgan fingerprint density at radius 2 is 1.71 bits per heavy atom. The summed E-state index contributed by atoms with van der Waals surface area (Å²) in [6.45, 7) is 3.21. The Balaban J connectivity index is -0.000000224. The van der Waals surface area contributed by atoms with Gasteiger partial charge in [-0.1, -0.05) is 26.2 Å². The molecule has 0 aliphatic rings. The van der Waals surface area contributed by atoms with Crippen LogP contribution in [0.2, 0.25) is 0 Å². The molecule has 0 heterocycles. The molecule has 0 aromatic heterocycles. The smallest absolute Gasteiger partial charge is 0.101 e. The van der Waals surface area contributed by atoms with Crippen LogP contribution in [0, 0.1) is 0 Å². The lowest BCUT2D eigenvalue weighted by atomic mass is 10.2. The number of quaternary nitrogens is 1. The fourth-order valence-electron chi connectivity index (χ4n) is 0.996. The van der Waals surface area contributed by atoms with Crippen LogP contribution in [0.15, 0.2) is 0 Å². The van der Waals surface area contributed by atoms with Crippen molar-refractivity contribution in [3.05, 3.63) is 0 Å². The summed E-state index contributed by atoms with van der Waals surface area (Å²) in [5, 5.41) is 18.2. The average molecular weight is 361 g/mol. The molecule has 0 amide bonds. The molecule has 0 rings (SSSR count). The number of aliphatic hydroxyl groups excluding tert-OH is 1. The first-order chi connectivity index (χ1) is 7.33. The molecule has 0 aliphatic heterocycles. The number of likely N-dealkylation sites (N-methyl/N-ethyl adjacent to an activating group) is 1. The van der Waals surface area contributed by atoms with Crippen molar-refractivity contribution >= 4 is 29.9 Å². The summed E-state index contributed by atoms with van der Waals surface area (Å²) in [7, 11) is 6.16. The molecule has 0 saturated heterocycles. The zero-order valence-electron chi connectivity index (χ0n) is 11.6. The summed E-state index contributed by atoms with van der Waals surface area (Å²) in [4.78, 5) is 9.85. The van der Waals surface area contributed by atoms with Gasteiger partial charge in [0.1, 0.15) is 6.54 Å². The van der Waals surface area contributed by atoms with E-state index in [1.54, 1.807) is 0 Å². The maximum Gasteiger partial charge on any atom is 0.101 e. The lowest BCUT2D eigenvalue weighted by molar-refractivity contribution is -0.870. The number of hydrogen-bond acceptors (Lipinski definition) is 3. The number of aliphatic hydroxyl groups is 1. The largest absolute Gasteiger partial charge is 0.550 e. The van der Waals surface area contributed by atoms with E-state index in [0.29, 0.717) is 0 Å². The fraction of sp³-hybridized carbons (Fsp3) is 0.917. The maximum absolute atomic E-state index is 9.85. The number of aliphatic carboxylic acids is 1. The molecule has 0 aliphatic carbocycles. The van der Waals surface area contributed by atoms with E-state index in [1.165, 1.54) is 0 Å². The van der Waals surface area contributed by atoms with Crippen molar-refractivity contribution in [1.29, 1.82) is 0 Å². The van der Waals surface area contributed by atoms with E-state index in [2.05, 4.69) is 28.1 Å². The Labute approximate surface area is 123 Å². The van der Waals surface area contributed by atoms with Gasteiger partial charge in [-0.2, -0.15) is 0 Å². The molecule has 0 spiro atoms. The molecule has 0 fully saturated rings. The number of unbranched alkanes of at least 4 members (excludes halogenated alkanes) is 3. The van der Waals surface area contributed by atoms with Crippen molar-refractivity contribution in [2.45, 2.75) is 39.0 Å². The van der Waals surface area contributed by atoms with Crippen LogP contribution in [0.4, 0.5) is 0 Å². The highest BCUT2D eigenvalue weighted by Crippen LogP contribution is 2.00. The minimum Gasteiger partial charge on any atom is -0.550 e. The van der Waals surface area contributed by atoms with Crippen LogP contribution < -0.4 is 5.11 Å². The van der Waals surface area contributed by atoms with Crippen LogP contribution in [0.3, 0.4) is 0 Å². The standard InChI is InChI=1S/C7H14O2.C5H14NO.HI/c1-2-3-4-5-6-7(8)9;1-6(2,3)4-5-7;/h2-6H2,1H3,(H,8,9);7H,4-5H2,1-3H3;1H/q;+1;/p-1. The van der Waals surface area contributed by atoms with Crippen LogP contribution in [-0.2, 0) is 4.79 Å². The van der Waals surface area contributed by atoms with Gasteiger partial charge >= 0.3 is 0 Å². The summed E-state index contributed by atoms with van der Waals surface area (Å²) < 4.78 is 0.844. The Kier molecular flexibility index (Phi) is 18.6. The topological polar surface area (TPSA) is 60.4 Å². The number of carbonyl (C=O) groups is 1. The zero-order chi connectivity index (χ0) is 13.0. The number of halogens is 1. The molecule has 0 unspecified atom stereocenters. The van der Waals surface area contributed by atoms with E-state index in [1.807, 2.05) is 0 Å². The Morgan fingerprint density at radius 3 is 1.94 bits per heavy atom. The molecular formula is C12H28INO3. The minimum atomic E-state index is -0.925. The molecule has 106 valence electrons. The highest BCUT2D eigenvalue weighted by molar-refractivity contribution is 14.0. The Hall–Kier alpha value is 0.120. The third kappa shape index (κ3) is 31.4. The first-order valence-electron chi connectivity index (χ1n) is 5.94. The lowest BCUT2D eigenvalue weighted by Crippen LogP contribution is -2.36. The highest BCUT2D eigenvalue weighted by Gasteiger charge is 2.02. The average Bonchev–Trinajstić information content (AvgIpc) is 2.11. The molecular weight excluding hydrogens is 333 g/mol. The molecule has 4 nitrogen and oxygen atoms in total. The van der Waals surface area contributed by atoms with Crippen LogP contribution in [0.25, 0.3) is 0 Å². The second kappa shape index (κ2) is 14.2. The maximum atomic E-state index is 9.85. The molecule has 0 saturated carbocycles. The van der Waals surface area contributed by atoms with Gasteiger partial charge in [-0.15, -0.1) is 24.0 Å². The monoisotopic (exact) mass is 361 g/mol. The van der Waals surface area contributed by atoms with Crippen LogP contribution in [0.5, 0.6) is 0 Å². The van der Waals surface area contributed by atoms with Gasteiger partial charge in [-0.25, -0.2) is 0 Å². The van der Waals surface area contributed by atoms with Crippen LogP contribution in [0.1, 0.15) is 39.0 Å². The van der Waals surface area contributed by atoms with E-state index in [9.17, 15) is 9.90 Å². The van der Waals surface area contributed by atoms with Crippen molar-refractivity contribution in [1.82, 2.24) is 0 Å². The fourth-order valence-corrected chi connectivity index (χ4v) is 0.996.